The van der Waals surface area contributed by atoms with Gasteiger partial charge in [0, 0.05) is 73.1 Å². The van der Waals surface area contributed by atoms with Crippen LogP contribution in [0.15, 0.2) is 0 Å². The molecule has 1 atom stereocenters. The minimum absolute atomic E-state index is 0. The highest BCUT2D eigenvalue weighted by Crippen LogP contribution is 2.40. The Kier molecular flexibility index (Phi) is 51.6. The summed E-state index contributed by atoms with van der Waals surface area (Å²) in [6.45, 7) is 27.6. The molecule has 0 saturated heterocycles. The van der Waals surface area contributed by atoms with Crippen molar-refractivity contribution in [1.29, 1.82) is 0 Å². The van der Waals surface area contributed by atoms with Crippen molar-refractivity contribution in [1.82, 2.24) is 9.80 Å². The van der Waals surface area contributed by atoms with Gasteiger partial charge >= 0.3 is 13.6 Å². The second kappa shape index (κ2) is 37.4. The van der Waals surface area contributed by atoms with Crippen molar-refractivity contribution in [2.45, 2.75) is 111 Å². The summed E-state index contributed by atoms with van der Waals surface area (Å²) in [7, 11) is 9.84. The maximum absolute atomic E-state index is 11.1. The first-order valence-corrected chi connectivity index (χ1v) is 18.8. The molecule has 2 amide bonds. The topological polar surface area (TPSA) is 180 Å². The maximum atomic E-state index is 11.1. The van der Waals surface area contributed by atoms with Gasteiger partial charge in [-0.2, -0.15) is 0 Å². The Balaban J connectivity index is -0.0000000571. The van der Waals surface area contributed by atoms with E-state index in [0.29, 0.717) is 0 Å². The first kappa shape index (κ1) is 70.3. The number of carbonyl (C=O) groups excluding carboxylic acids is 6. The predicted octanol–water partition coefficient (Wildman–Crippen LogP) is 6.90. The van der Waals surface area contributed by atoms with Crippen LogP contribution in [-0.2, 0) is 62.4 Å². The van der Waals surface area contributed by atoms with Gasteiger partial charge in [-0.3, -0.25) is 27.9 Å². The fourth-order valence-electron chi connectivity index (χ4n) is 1.05. The van der Waals surface area contributed by atoms with Crippen molar-refractivity contribution in [3.05, 3.63) is 0 Å². The summed E-state index contributed by atoms with van der Waals surface area (Å²) in [4.78, 5) is 64.3. The van der Waals surface area contributed by atoms with Gasteiger partial charge in [0.05, 0.1) is 19.6 Å². The van der Waals surface area contributed by atoms with Crippen LogP contribution in [0.1, 0.15) is 111 Å². The largest absolute Gasteiger partial charge is 0.469 e. The molecule has 1 unspecified atom stereocenters. The van der Waals surface area contributed by atoms with E-state index in [1.165, 1.54) is 80.9 Å². The molecule has 0 spiro atoms. The van der Waals surface area contributed by atoms with Crippen LogP contribution in [0, 0.1) is 16.2 Å². The van der Waals surface area contributed by atoms with E-state index in [9.17, 15) is 37.5 Å². The van der Waals surface area contributed by atoms with Gasteiger partial charge < -0.3 is 33.2 Å². The molecule has 0 N–H and O–H groups in total. The number of ketones is 3. The number of carbonyl (C=O) groups is 6. The van der Waals surface area contributed by atoms with Crippen molar-refractivity contribution in [3.8, 4) is 0 Å². The second-order valence-electron chi connectivity index (χ2n) is 13.9. The molecule has 0 aromatic rings. The summed E-state index contributed by atoms with van der Waals surface area (Å²) < 4.78 is 37.7. The minimum Gasteiger partial charge on any atom is -0.469 e. The lowest BCUT2D eigenvalue weighted by molar-refractivity contribution is -0.149. The van der Waals surface area contributed by atoms with Crippen molar-refractivity contribution in [2.24, 2.45) is 16.2 Å². The van der Waals surface area contributed by atoms with Gasteiger partial charge in [-0.1, -0.05) is 49.0 Å². The SMILES string of the molecule is C.CC(=O)C(C)(C)C.CC(=O)N(C)C.CC(C)=O.CC(C)=O.CN(C)C(=O)C(C)(C)C.COC(=O)C(C)(C)C.COP(C)(=O)OC.COS(C)=O. The summed E-state index contributed by atoms with van der Waals surface area (Å²) in [5.41, 5.74) is -0.724. The third-order valence-corrected chi connectivity index (χ3v) is 6.23. The van der Waals surface area contributed by atoms with Crippen LogP contribution < -0.4 is 0 Å². The zero-order valence-corrected chi connectivity index (χ0v) is 37.9. The van der Waals surface area contributed by atoms with Crippen LogP contribution in [0.25, 0.3) is 0 Å². The van der Waals surface area contributed by atoms with E-state index < -0.39 is 18.7 Å². The quantitative estimate of drug-likeness (QED) is 0.214. The molecular weight excluding hydrogens is 703 g/mol. The van der Waals surface area contributed by atoms with Crippen LogP contribution in [0.5, 0.6) is 0 Å². The van der Waals surface area contributed by atoms with Crippen LogP contribution in [0.3, 0.4) is 0 Å². The molecule has 0 saturated carbocycles. The van der Waals surface area contributed by atoms with E-state index in [1.54, 1.807) is 40.0 Å². The van der Waals surface area contributed by atoms with Crippen LogP contribution in [0.2, 0.25) is 0 Å². The maximum Gasteiger partial charge on any atom is 0.327 e. The normalized spacial score (nSPS) is 10.3. The summed E-state index contributed by atoms with van der Waals surface area (Å²) in [6, 6.07) is 0. The summed E-state index contributed by atoms with van der Waals surface area (Å²) >= 11 is -1.07. The zero-order chi connectivity index (χ0) is 43.0. The molecule has 0 heterocycles. The number of nitrogens with zero attached hydrogens (tertiary/aromatic N) is 2. The first-order valence-electron chi connectivity index (χ1n) is 15.3. The third-order valence-electron chi connectivity index (χ3n) is 4.43. The molecule has 0 bridgehead atoms. The van der Waals surface area contributed by atoms with E-state index in [2.05, 4.69) is 18.0 Å². The molecule has 16 heteroatoms. The first-order chi connectivity index (χ1) is 21.8. The second-order valence-corrected chi connectivity index (χ2v) is 17.3. The van der Waals surface area contributed by atoms with Crippen LogP contribution in [-0.4, -0.2) is 119 Å². The van der Waals surface area contributed by atoms with E-state index in [4.69, 9.17) is 0 Å². The van der Waals surface area contributed by atoms with Crippen molar-refractivity contribution < 1.29 is 55.5 Å². The minimum atomic E-state index is -2.65. The Morgan fingerprint density at radius 1 is 0.588 bits per heavy atom. The third kappa shape index (κ3) is 87.7. The molecular formula is C35H79N2O12PS. The molecule has 0 aromatic heterocycles. The number of hydrogen-bond donors (Lipinski definition) is 0. The number of amides is 2. The number of rotatable bonds is 3. The van der Waals surface area contributed by atoms with Crippen molar-refractivity contribution in [3.63, 3.8) is 0 Å². The Bertz CT molecular complexity index is 982. The van der Waals surface area contributed by atoms with Gasteiger partial charge in [-0.05, 0) is 55.4 Å². The molecule has 0 radical (unpaired) electrons. The molecule has 0 aliphatic carbocycles. The fourth-order valence-corrected chi connectivity index (χ4v) is 1.20. The summed E-state index contributed by atoms with van der Waals surface area (Å²) in [5, 5.41) is 0. The van der Waals surface area contributed by atoms with E-state index in [0.717, 1.165) is 0 Å². The standard InChI is InChI=1S/C7H15NO.C6H12O2.C6H12O.C4H9NO.C3H9O3P.2C3H6O.C2H6O2S.CH4/c1-7(2,3)6(9)8(4)5;1-6(2,3)5(7)8-4;1-5(7)6(2,3)4;1-4(6)5(2)3;1-5-7(3,4)6-2;2*1-3(2)4;1-4-5(2)3;/h1-5H3;1-4H3;1-4H3;1-3H3;1-3H3;2*1-2H3;1-2H3;1H4. The summed E-state index contributed by atoms with van der Waals surface area (Å²) in [6.07, 6.45) is 1.47. The van der Waals surface area contributed by atoms with Crippen molar-refractivity contribution in [2.75, 3.05) is 69.6 Å². The van der Waals surface area contributed by atoms with Gasteiger partial charge in [-0.25, -0.2) is 4.21 Å². The van der Waals surface area contributed by atoms with Gasteiger partial charge in [0.25, 0.3) is 0 Å². The predicted molar refractivity (Wildman–Crippen MR) is 212 cm³/mol. The Morgan fingerprint density at radius 2 is 0.804 bits per heavy atom. The lowest BCUT2D eigenvalue weighted by Gasteiger charge is -2.21. The molecule has 51 heavy (non-hydrogen) atoms. The number of hydrogen-bond acceptors (Lipinski definition) is 12. The molecule has 0 fully saturated rings. The highest BCUT2D eigenvalue weighted by atomic mass is 32.2. The van der Waals surface area contributed by atoms with Gasteiger partial charge in [0.2, 0.25) is 11.8 Å². The average Bonchev–Trinajstić information content (AvgIpc) is 2.91. The van der Waals surface area contributed by atoms with Gasteiger partial charge in [0.15, 0.2) is 11.1 Å². The lowest BCUT2D eigenvalue weighted by Crippen LogP contribution is -2.33. The Morgan fingerprint density at radius 3 is 0.804 bits per heavy atom. The smallest absolute Gasteiger partial charge is 0.327 e. The monoisotopic (exact) mass is 783 g/mol. The Hall–Kier alpha value is -2.32. The summed E-state index contributed by atoms with van der Waals surface area (Å²) in [5.74, 6) is 0.669. The molecule has 0 rings (SSSR count). The number of ether oxygens (including phenoxy) is 1. The molecule has 0 aliphatic heterocycles. The number of Topliss-reactive ketones (excluding diaryl/α,β-unsaturated/α-hetero) is 3. The Labute approximate surface area is 315 Å². The average molecular weight is 783 g/mol. The van der Waals surface area contributed by atoms with E-state index in [-0.39, 0.29) is 58.8 Å². The van der Waals surface area contributed by atoms with E-state index >= 15 is 0 Å². The van der Waals surface area contributed by atoms with Crippen molar-refractivity contribution >= 4 is 53.8 Å². The fraction of sp³-hybridized carbons (Fsp3) is 0.829. The zero-order valence-electron chi connectivity index (χ0n) is 36.1. The van der Waals surface area contributed by atoms with Crippen LogP contribution in [0.4, 0.5) is 0 Å². The van der Waals surface area contributed by atoms with E-state index in [1.807, 2.05) is 62.3 Å². The highest BCUT2D eigenvalue weighted by Gasteiger charge is 2.22. The molecule has 0 aromatic carbocycles. The van der Waals surface area contributed by atoms with Crippen LogP contribution >= 0.6 is 7.60 Å². The van der Waals surface area contributed by atoms with Gasteiger partial charge in [0.1, 0.15) is 17.3 Å². The molecule has 14 nitrogen and oxygen atoms in total. The van der Waals surface area contributed by atoms with Gasteiger partial charge in [-0.15, -0.1) is 0 Å². The number of methoxy groups -OCH3 is 1. The lowest BCUT2D eigenvalue weighted by atomic mass is 9.92. The molecule has 312 valence electrons. The highest BCUT2D eigenvalue weighted by molar-refractivity contribution is 7.79. The number of esters is 1. The molecule has 0 aliphatic rings.